The molecule has 0 bridgehead atoms. The van der Waals surface area contributed by atoms with Crippen molar-refractivity contribution in [2.24, 2.45) is 0 Å². The summed E-state index contributed by atoms with van der Waals surface area (Å²) in [4.78, 5) is 14.6. The molecule has 11 rings (SSSR count). The van der Waals surface area contributed by atoms with Crippen molar-refractivity contribution in [2.45, 2.75) is 0 Å². The highest BCUT2D eigenvalue weighted by Gasteiger charge is 2.29. The lowest BCUT2D eigenvalue weighted by atomic mass is 10.0. The van der Waals surface area contributed by atoms with Crippen molar-refractivity contribution >= 4 is 61.3 Å². The zero-order valence-corrected chi connectivity index (χ0v) is 30.1. The van der Waals surface area contributed by atoms with E-state index in [4.69, 9.17) is 9.97 Å². The predicted molar refractivity (Wildman–Crippen MR) is 227 cm³/mol. The van der Waals surface area contributed by atoms with Crippen LogP contribution in [0.4, 0.5) is 28.4 Å². The summed E-state index contributed by atoms with van der Waals surface area (Å²) in [5, 5.41) is 4.51. The Morgan fingerprint density at radius 1 is 0.382 bits per heavy atom. The first-order valence-electron chi connectivity index (χ1n) is 18.6. The molecule has 0 amide bonds. The Hall–Kier alpha value is -7.44. The van der Waals surface area contributed by atoms with Gasteiger partial charge in [-0.2, -0.15) is 0 Å². The average Bonchev–Trinajstić information content (AvgIpc) is 3.84. The SMILES string of the molecule is CN1c2ccccc2N(c2cc(-c3cc4cccnc4n3-c3ccccc3)cc(-c3cc4cccnc4n3-c3cccc4ccccc34)c2)c2ccccc21. The molecule has 0 saturated carbocycles. The van der Waals surface area contributed by atoms with Crippen LogP contribution < -0.4 is 9.80 Å². The maximum Gasteiger partial charge on any atom is 0.144 e. The smallest absolute Gasteiger partial charge is 0.144 e. The Balaban J connectivity index is 1.25. The fraction of sp³-hybridized carbons (Fsp3) is 0.0204. The summed E-state index contributed by atoms with van der Waals surface area (Å²) >= 11 is 0. The lowest BCUT2D eigenvalue weighted by molar-refractivity contribution is 1.09. The van der Waals surface area contributed by atoms with Gasteiger partial charge in [-0.3, -0.25) is 9.13 Å². The number of aromatic nitrogens is 4. The summed E-state index contributed by atoms with van der Waals surface area (Å²) in [6.45, 7) is 0. The zero-order chi connectivity index (χ0) is 36.5. The Morgan fingerprint density at radius 2 is 0.891 bits per heavy atom. The van der Waals surface area contributed by atoms with Gasteiger partial charge in [-0.1, -0.05) is 78.9 Å². The summed E-state index contributed by atoms with van der Waals surface area (Å²) in [6, 6.07) is 62.9. The third-order valence-corrected chi connectivity index (χ3v) is 10.9. The van der Waals surface area contributed by atoms with E-state index in [-0.39, 0.29) is 0 Å². The third kappa shape index (κ3) is 4.89. The first kappa shape index (κ1) is 31.1. The number of rotatable bonds is 5. The Kier molecular flexibility index (Phi) is 6.97. The molecule has 10 aromatic rings. The van der Waals surface area contributed by atoms with E-state index in [2.05, 4.69) is 190 Å². The van der Waals surface area contributed by atoms with Crippen LogP contribution in [0.1, 0.15) is 0 Å². The highest BCUT2D eigenvalue weighted by Crippen LogP contribution is 2.52. The number of fused-ring (bicyclic) bond motifs is 5. The minimum Gasteiger partial charge on any atom is -0.341 e. The van der Waals surface area contributed by atoms with Gasteiger partial charge in [0.1, 0.15) is 11.3 Å². The molecule has 0 fully saturated rings. The van der Waals surface area contributed by atoms with Gasteiger partial charge in [0, 0.05) is 58.1 Å². The number of pyridine rings is 2. The van der Waals surface area contributed by atoms with Crippen LogP contribution >= 0.6 is 0 Å². The number of anilines is 5. The van der Waals surface area contributed by atoms with Crippen LogP contribution in [0.15, 0.2) is 188 Å². The standard InChI is InChI=1S/C49H34N6/c1-52-42-21-7-9-23-44(42)53(45-24-10-8-22-43(45)52)39-29-36(46-31-34-16-12-26-50-48(34)54(46)38-18-3-2-4-19-38)28-37(30-39)47-32-35-17-13-27-51-49(35)55(47)41-25-11-15-33-14-5-6-20-40(33)41/h2-32H,1H3. The molecule has 0 saturated heterocycles. The van der Waals surface area contributed by atoms with Gasteiger partial charge in [-0.15, -0.1) is 0 Å². The molecular weight excluding hydrogens is 673 g/mol. The van der Waals surface area contributed by atoms with E-state index >= 15 is 0 Å². The molecule has 0 radical (unpaired) electrons. The van der Waals surface area contributed by atoms with Crippen LogP contribution in [0.5, 0.6) is 0 Å². The van der Waals surface area contributed by atoms with Crippen LogP contribution in [0.25, 0.3) is 66.7 Å². The maximum absolute atomic E-state index is 4.99. The van der Waals surface area contributed by atoms with Crippen molar-refractivity contribution in [1.29, 1.82) is 0 Å². The second-order valence-corrected chi connectivity index (χ2v) is 14.0. The fourth-order valence-corrected chi connectivity index (χ4v) is 8.43. The highest BCUT2D eigenvalue weighted by atomic mass is 15.3. The molecule has 55 heavy (non-hydrogen) atoms. The van der Waals surface area contributed by atoms with E-state index in [0.29, 0.717) is 0 Å². The Morgan fingerprint density at radius 3 is 1.56 bits per heavy atom. The fourth-order valence-electron chi connectivity index (χ4n) is 8.43. The lowest BCUT2D eigenvalue weighted by Crippen LogP contribution is -2.24. The van der Waals surface area contributed by atoms with Crippen molar-refractivity contribution in [2.75, 3.05) is 16.8 Å². The number of nitrogens with zero attached hydrogens (tertiary/aromatic N) is 6. The molecule has 1 aliphatic rings. The normalized spacial score (nSPS) is 12.4. The van der Waals surface area contributed by atoms with Crippen LogP contribution in [0.2, 0.25) is 0 Å². The molecule has 0 spiro atoms. The maximum atomic E-state index is 4.99. The van der Waals surface area contributed by atoms with Crippen LogP contribution in [0, 0.1) is 0 Å². The van der Waals surface area contributed by atoms with E-state index in [1.54, 1.807) is 0 Å². The van der Waals surface area contributed by atoms with Gasteiger partial charge in [-0.25, -0.2) is 9.97 Å². The average molecular weight is 707 g/mol. The van der Waals surface area contributed by atoms with Gasteiger partial charge in [-0.05, 0) is 102 Å². The van der Waals surface area contributed by atoms with Crippen molar-refractivity contribution in [3.63, 3.8) is 0 Å². The van der Waals surface area contributed by atoms with E-state index in [1.165, 1.54) is 10.8 Å². The lowest BCUT2D eigenvalue weighted by Gasteiger charge is -2.38. The quantitative estimate of drug-likeness (QED) is 0.179. The molecule has 5 heterocycles. The van der Waals surface area contributed by atoms with Gasteiger partial charge < -0.3 is 9.80 Å². The molecule has 0 aliphatic carbocycles. The van der Waals surface area contributed by atoms with E-state index in [1.807, 2.05) is 24.5 Å². The second-order valence-electron chi connectivity index (χ2n) is 14.0. The molecule has 6 aromatic carbocycles. The van der Waals surface area contributed by atoms with Gasteiger partial charge in [0.05, 0.1) is 39.8 Å². The minimum absolute atomic E-state index is 0.915. The van der Waals surface area contributed by atoms with Gasteiger partial charge in [0.2, 0.25) is 0 Å². The first-order chi connectivity index (χ1) is 27.2. The third-order valence-electron chi connectivity index (χ3n) is 10.9. The summed E-state index contributed by atoms with van der Waals surface area (Å²) in [5.74, 6) is 0. The van der Waals surface area contributed by atoms with Gasteiger partial charge >= 0.3 is 0 Å². The largest absolute Gasteiger partial charge is 0.341 e. The summed E-state index contributed by atoms with van der Waals surface area (Å²) in [6.07, 6.45) is 3.76. The molecule has 6 heteroatoms. The molecule has 260 valence electrons. The van der Waals surface area contributed by atoms with Crippen molar-refractivity contribution in [3.05, 3.63) is 188 Å². The number of para-hydroxylation sites is 5. The number of hydrogen-bond donors (Lipinski definition) is 0. The summed E-state index contributed by atoms with van der Waals surface area (Å²) < 4.78 is 4.62. The van der Waals surface area contributed by atoms with Crippen LogP contribution in [0.3, 0.4) is 0 Å². The van der Waals surface area contributed by atoms with E-state index in [9.17, 15) is 0 Å². The first-order valence-corrected chi connectivity index (χ1v) is 18.6. The van der Waals surface area contributed by atoms with E-state index < -0.39 is 0 Å². The Bertz CT molecular complexity index is 3030. The molecule has 4 aromatic heterocycles. The van der Waals surface area contributed by atoms with Crippen LogP contribution in [-0.2, 0) is 0 Å². The summed E-state index contributed by atoms with van der Waals surface area (Å²) in [7, 11) is 2.15. The van der Waals surface area contributed by atoms with Crippen molar-refractivity contribution in [1.82, 2.24) is 19.1 Å². The Labute approximate surface area is 318 Å². The molecule has 0 unspecified atom stereocenters. The monoisotopic (exact) mass is 706 g/mol. The number of hydrogen-bond acceptors (Lipinski definition) is 4. The molecular formula is C49H34N6. The molecule has 0 N–H and O–H groups in total. The second kappa shape index (κ2) is 12.3. The summed E-state index contributed by atoms with van der Waals surface area (Å²) in [5.41, 5.74) is 13.8. The van der Waals surface area contributed by atoms with Crippen molar-refractivity contribution < 1.29 is 0 Å². The molecule has 1 aliphatic heterocycles. The van der Waals surface area contributed by atoms with E-state index in [0.717, 1.165) is 84.4 Å². The van der Waals surface area contributed by atoms with Crippen LogP contribution in [-0.4, -0.2) is 26.1 Å². The minimum atomic E-state index is 0.915. The molecule has 0 atom stereocenters. The zero-order valence-electron chi connectivity index (χ0n) is 30.1. The molecule has 6 nitrogen and oxygen atoms in total. The van der Waals surface area contributed by atoms with Crippen molar-refractivity contribution in [3.8, 4) is 33.9 Å². The van der Waals surface area contributed by atoms with Gasteiger partial charge in [0.15, 0.2) is 0 Å². The van der Waals surface area contributed by atoms with Gasteiger partial charge in [0.25, 0.3) is 0 Å². The highest BCUT2D eigenvalue weighted by molar-refractivity contribution is 6.00. The predicted octanol–water partition coefficient (Wildman–Crippen LogP) is 12.4. The topological polar surface area (TPSA) is 42.1 Å². The number of benzene rings is 6.